The van der Waals surface area contributed by atoms with Crippen molar-refractivity contribution in [1.29, 1.82) is 0 Å². The van der Waals surface area contributed by atoms with E-state index in [1.54, 1.807) is 31.4 Å². The highest BCUT2D eigenvalue weighted by Crippen LogP contribution is 2.14. The molecule has 0 heterocycles. The number of ether oxygens (including phenoxy) is 1. The quantitative estimate of drug-likeness (QED) is 0.568. The largest absolute Gasteiger partial charge is 0.497 e. The molecule has 1 aromatic carbocycles. The average Bonchev–Trinajstić information content (AvgIpc) is 2.39. The van der Waals surface area contributed by atoms with Gasteiger partial charge >= 0.3 is 0 Å². The van der Waals surface area contributed by atoms with E-state index in [2.05, 4.69) is 16.6 Å². The van der Waals surface area contributed by atoms with Gasteiger partial charge in [0, 0.05) is 12.1 Å². The summed E-state index contributed by atoms with van der Waals surface area (Å²) in [5.41, 5.74) is 0.756. The summed E-state index contributed by atoms with van der Waals surface area (Å²) in [5.74, 6) is 3.25. The molecule has 0 saturated heterocycles. The monoisotopic (exact) mass is 246 g/mol. The summed E-state index contributed by atoms with van der Waals surface area (Å²) in [7, 11) is 1.60. The molecule has 0 aliphatic carbocycles. The zero-order valence-corrected chi connectivity index (χ0v) is 10.5. The first-order valence-corrected chi connectivity index (χ1v) is 5.84. The molecular weight excluding hydrogens is 228 g/mol. The predicted octanol–water partition coefficient (Wildman–Crippen LogP) is 1.64. The summed E-state index contributed by atoms with van der Waals surface area (Å²) in [4.78, 5) is 11.6. The third-order valence-corrected chi connectivity index (χ3v) is 2.33. The van der Waals surface area contributed by atoms with Gasteiger partial charge in [0.05, 0.1) is 13.7 Å². The average molecular weight is 246 g/mol. The molecule has 1 aromatic rings. The van der Waals surface area contributed by atoms with Gasteiger partial charge in [-0.15, -0.1) is 12.3 Å². The Balaban J connectivity index is 2.25. The second-order valence-electron chi connectivity index (χ2n) is 3.76. The molecule has 0 atom stereocenters. The molecule has 0 bridgehead atoms. The minimum Gasteiger partial charge on any atom is -0.497 e. The van der Waals surface area contributed by atoms with Crippen molar-refractivity contribution in [3.63, 3.8) is 0 Å². The second-order valence-corrected chi connectivity index (χ2v) is 3.76. The number of nitrogens with one attached hydrogen (secondary N) is 2. The van der Waals surface area contributed by atoms with Gasteiger partial charge in [-0.1, -0.05) is 0 Å². The van der Waals surface area contributed by atoms with Gasteiger partial charge in [0.25, 0.3) is 0 Å². The number of anilines is 1. The first-order valence-electron chi connectivity index (χ1n) is 5.84. The highest BCUT2D eigenvalue weighted by atomic mass is 16.5. The molecule has 1 rings (SSSR count). The number of unbranched alkanes of at least 4 members (excludes halogenated alkanes) is 1. The summed E-state index contributed by atoms with van der Waals surface area (Å²) in [5, 5.41) is 5.82. The molecule has 0 aliphatic rings. The van der Waals surface area contributed by atoms with Gasteiger partial charge in [-0.05, 0) is 37.2 Å². The second kappa shape index (κ2) is 8.15. The lowest BCUT2D eigenvalue weighted by atomic mass is 10.3. The summed E-state index contributed by atoms with van der Waals surface area (Å²) in [6.07, 6.45) is 6.74. The van der Waals surface area contributed by atoms with E-state index >= 15 is 0 Å². The molecule has 0 spiro atoms. The van der Waals surface area contributed by atoms with Gasteiger partial charge in [0.2, 0.25) is 5.91 Å². The molecule has 0 radical (unpaired) electrons. The number of amides is 1. The van der Waals surface area contributed by atoms with Crippen LogP contribution >= 0.6 is 0 Å². The highest BCUT2D eigenvalue weighted by molar-refractivity contribution is 5.92. The molecule has 96 valence electrons. The maximum absolute atomic E-state index is 11.6. The molecule has 0 saturated carbocycles. The summed E-state index contributed by atoms with van der Waals surface area (Å²) in [6.45, 7) is 1.04. The Morgan fingerprint density at radius 1 is 1.39 bits per heavy atom. The van der Waals surface area contributed by atoms with Crippen LogP contribution in [0.25, 0.3) is 0 Å². The maximum atomic E-state index is 11.6. The van der Waals surface area contributed by atoms with Crippen LogP contribution < -0.4 is 15.4 Å². The Morgan fingerprint density at radius 3 is 2.72 bits per heavy atom. The van der Waals surface area contributed by atoms with Crippen molar-refractivity contribution >= 4 is 11.6 Å². The van der Waals surface area contributed by atoms with Crippen molar-refractivity contribution < 1.29 is 9.53 Å². The van der Waals surface area contributed by atoms with E-state index in [1.807, 2.05) is 0 Å². The van der Waals surface area contributed by atoms with Crippen LogP contribution in [0.2, 0.25) is 0 Å². The van der Waals surface area contributed by atoms with Gasteiger partial charge in [-0.25, -0.2) is 0 Å². The van der Waals surface area contributed by atoms with E-state index in [0.29, 0.717) is 0 Å². The van der Waals surface area contributed by atoms with Crippen molar-refractivity contribution in [1.82, 2.24) is 5.32 Å². The normalized spacial score (nSPS) is 9.56. The SMILES string of the molecule is C#CCCCNCC(=O)Nc1ccc(OC)cc1. The van der Waals surface area contributed by atoms with Gasteiger partial charge in [0.1, 0.15) is 5.75 Å². The molecule has 18 heavy (non-hydrogen) atoms. The number of benzene rings is 1. The number of hydrogen-bond acceptors (Lipinski definition) is 3. The number of hydrogen-bond donors (Lipinski definition) is 2. The van der Waals surface area contributed by atoms with Crippen LogP contribution in [0.15, 0.2) is 24.3 Å². The van der Waals surface area contributed by atoms with Gasteiger partial charge in [0.15, 0.2) is 0 Å². The third-order valence-electron chi connectivity index (χ3n) is 2.33. The minimum absolute atomic E-state index is 0.0686. The summed E-state index contributed by atoms with van der Waals surface area (Å²) >= 11 is 0. The lowest BCUT2D eigenvalue weighted by molar-refractivity contribution is -0.115. The number of carbonyl (C=O) groups excluding carboxylic acids is 1. The van der Waals surface area contributed by atoms with Crippen molar-refractivity contribution in [3.05, 3.63) is 24.3 Å². The van der Waals surface area contributed by atoms with E-state index < -0.39 is 0 Å². The zero-order valence-electron chi connectivity index (χ0n) is 10.5. The summed E-state index contributed by atoms with van der Waals surface area (Å²) in [6, 6.07) is 7.20. The number of rotatable bonds is 7. The summed E-state index contributed by atoms with van der Waals surface area (Å²) < 4.78 is 5.04. The third kappa shape index (κ3) is 5.37. The van der Waals surface area contributed by atoms with Crippen LogP contribution in [0.1, 0.15) is 12.8 Å². The number of terminal acetylenes is 1. The molecule has 4 heteroatoms. The van der Waals surface area contributed by atoms with Crippen molar-refractivity contribution in [2.75, 3.05) is 25.5 Å². The van der Waals surface area contributed by atoms with Crippen LogP contribution in [-0.2, 0) is 4.79 Å². The van der Waals surface area contributed by atoms with E-state index in [4.69, 9.17) is 11.2 Å². The molecule has 1 amide bonds. The Hall–Kier alpha value is -1.99. The first-order chi connectivity index (χ1) is 8.76. The van der Waals surface area contributed by atoms with Crippen LogP contribution in [0, 0.1) is 12.3 Å². The molecule has 0 fully saturated rings. The highest BCUT2D eigenvalue weighted by Gasteiger charge is 2.01. The number of carbonyl (C=O) groups is 1. The fourth-order valence-corrected chi connectivity index (χ4v) is 1.40. The fraction of sp³-hybridized carbons (Fsp3) is 0.357. The molecule has 0 aliphatic heterocycles. The lowest BCUT2D eigenvalue weighted by Gasteiger charge is -2.07. The topological polar surface area (TPSA) is 50.4 Å². The standard InChI is InChI=1S/C14H18N2O2/c1-3-4-5-10-15-11-14(17)16-12-6-8-13(18-2)9-7-12/h1,6-9,15H,4-5,10-11H2,2H3,(H,16,17). The molecule has 4 nitrogen and oxygen atoms in total. The van der Waals surface area contributed by atoms with E-state index in [0.717, 1.165) is 30.8 Å². The zero-order chi connectivity index (χ0) is 13.2. The van der Waals surface area contributed by atoms with Crippen LogP contribution in [0.5, 0.6) is 5.75 Å². The smallest absolute Gasteiger partial charge is 0.238 e. The van der Waals surface area contributed by atoms with E-state index in [9.17, 15) is 4.79 Å². The molecular formula is C14H18N2O2. The lowest BCUT2D eigenvalue weighted by Crippen LogP contribution is -2.28. The van der Waals surface area contributed by atoms with Gasteiger partial charge in [-0.2, -0.15) is 0 Å². The number of methoxy groups -OCH3 is 1. The van der Waals surface area contributed by atoms with E-state index in [-0.39, 0.29) is 12.5 Å². The molecule has 0 aromatic heterocycles. The van der Waals surface area contributed by atoms with Crippen LogP contribution in [-0.4, -0.2) is 26.1 Å². The Morgan fingerprint density at radius 2 is 2.11 bits per heavy atom. The van der Waals surface area contributed by atoms with E-state index in [1.165, 1.54) is 0 Å². The van der Waals surface area contributed by atoms with Gasteiger partial charge < -0.3 is 15.4 Å². The van der Waals surface area contributed by atoms with Crippen LogP contribution in [0.4, 0.5) is 5.69 Å². The predicted molar refractivity (Wildman–Crippen MR) is 72.6 cm³/mol. The van der Waals surface area contributed by atoms with Crippen molar-refractivity contribution in [2.45, 2.75) is 12.8 Å². The van der Waals surface area contributed by atoms with Gasteiger partial charge in [-0.3, -0.25) is 4.79 Å². The Labute approximate surface area is 108 Å². The Kier molecular flexibility index (Phi) is 6.37. The molecule has 2 N–H and O–H groups in total. The first kappa shape index (κ1) is 14.1. The van der Waals surface area contributed by atoms with Crippen molar-refractivity contribution in [3.8, 4) is 18.1 Å². The minimum atomic E-state index is -0.0686. The van der Waals surface area contributed by atoms with Crippen LogP contribution in [0.3, 0.4) is 0 Å². The molecule has 0 unspecified atom stereocenters. The Bertz CT molecular complexity index is 407. The van der Waals surface area contributed by atoms with Crippen molar-refractivity contribution in [2.24, 2.45) is 0 Å². The fourth-order valence-electron chi connectivity index (χ4n) is 1.40. The maximum Gasteiger partial charge on any atom is 0.238 e.